The molecule has 2 heterocycles. The number of amides is 2. The van der Waals surface area contributed by atoms with Crippen LogP contribution in [-0.4, -0.2) is 31.6 Å². The van der Waals surface area contributed by atoms with Gasteiger partial charge in [0.15, 0.2) is 23.0 Å². The number of hydrogen-bond acceptors (Lipinski definition) is 5. The van der Waals surface area contributed by atoms with Gasteiger partial charge in [0.1, 0.15) is 19.8 Å². The zero-order valence-corrected chi connectivity index (χ0v) is 20.6. The van der Waals surface area contributed by atoms with Crippen LogP contribution in [0.1, 0.15) is 24.1 Å². The van der Waals surface area contributed by atoms with Crippen molar-refractivity contribution in [3.63, 3.8) is 0 Å². The first-order chi connectivity index (χ1) is 17.0. The second kappa shape index (κ2) is 9.84. The molecule has 0 radical (unpaired) electrons. The first-order valence-electron chi connectivity index (χ1n) is 11.2. The Kier molecular flexibility index (Phi) is 6.46. The third-order valence-electron chi connectivity index (χ3n) is 5.77. The SMILES string of the molecule is C[C@H](NC(=O)CN1C(=O)/C(=C\c2ccccc2Br)Oc2ccccc21)c1ccc2c(c1)OCCO2. The van der Waals surface area contributed by atoms with Crippen LogP contribution in [0.25, 0.3) is 6.08 Å². The summed E-state index contributed by atoms with van der Waals surface area (Å²) in [6.45, 7) is 2.74. The van der Waals surface area contributed by atoms with Gasteiger partial charge in [-0.3, -0.25) is 14.5 Å². The number of nitrogens with zero attached hydrogens (tertiary/aromatic N) is 1. The number of carbonyl (C=O) groups is 2. The number of hydrogen-bond donors (Lipinski definition) is 1. The van der Waals surface area contributed by atoms with Gasteiger partial charge < -0.3 is 19.5 Å². The lowest BCUT2D eigenvalue weighted by Crippen LogP contribution is -2.44. The Morgan fingerprint density at radius 3 is 2.60 bits per heavy atom. The molecule has 0 unspecified atom stereocenters. The summed E-state index contributed by atoms with van der Waals surface area (Å²) in [6.07, 6.45) is 1.67. The van der Waals surface area contributed by atoms with E-state index in [4.69, 9.17) is 14.2 Å². The van der Waals surface area contributed by atoms with Crippen LogP contribution in [0.5, 0.6) is 17.2 Å². The van der Waals surface area contributed by atoms with Gasteiger partial charge in [0.2, 0.25) is 5.91 Å². The van der Waals surface area contributed by atoms with Crippen molar-refractivity contribution in [1.29, 1.82) is 0 Å². The monoisotopic (exact) mass is 534 g/mol. The van der Waals surface area contributed by atoms with Crippen molar-refractivity contribution in [1.82, 2.24) is 5.32 Å². The molecule has 0 aromatic heterocycles. The van der Waals surface area contributed by atoms with Gasteiger partial charge in [-0.2, -0.15) is 0 Å². The molecule has 0 bridgehead atoms. The number of halogens is 1. The highest BCUT2D eigenvalue weighted by Crippen LogP contribution is 2.36. The van der Waals surface area contributed by atoms with Crippen molar-refractivity contribution in [3.8, 4) is 17.2 Å². The highest BCUT2D eigenvalue weighted by molar-refractivity contribution is 9.10. The van der Waals surface area contributed by atoms with E-state index in [0.29, 0.717) is 36.1 Å². The molecule has 0 saturated carbocycles. The maximum atomic E-state index is 13.4. The summed E-state index contributed by atoms with van der Waals surface area (Å²) >= 11 is 3.50. The zero-order valence-electron chi connectivity index (χ0n) is 19.0. The fraction of sp³-hybridized carbons (Fsp3) is 0.185. The maximum Gasteiger partial charge on any atom is 0.294 e. The minimum Gasteiger partial charge on any atom is -0.486 e. The third-order valence-corrected chi connectivity index (χ3v) is 6.49. The Morgan fingerprint density at radius 2 is 1.77 bits per heavy atom. The molecule has 7 nitrogen and oxygen atoms in total. The highest BCUT2D eigenvalue weighted by Gasteiger charge is 2.32. The number of nitrogens with one attached hydrogen (secondary N) is 1. The normalized spacial score (nSPS) is 16.3. The molecule has 3 aromatic rings. The molecule has 178 valence electrons. The van der Waals surface area contributed by atoms with Crippen molar-refractivity contribution in [2.24, 2.45) is 0 Å². The summed E-state index contributed by atoms with van der Waals surface area (Å²) in [6, 6.07) is 20.0. The molecule has 2 aliphatic heterocycles. The van der Waals surface area contributed by atoms with Gasteiger partial charge in [0, 0.05) is 4.47 Å². The molecule has 1 atom stereocenters. The topological polar surface area (TPSA) is 77.1 Å². The molecule has 5 rings (SSSR count). The van der Waals surface area contributed by atoms with Gasteiger partial charge in [-0.15, -0.1) is 0 Å². The Bertz CT molecular complexity index is 1320. The molecule has 0 spiro atoms. The summed E-state index contributed by atoms with van der Waals surface area (Å²) in [7, 11) is 0. The highest BCUT2D eigenvalue weighted by atomic mass is 79.9. The summed E-state index contributed by atoms with van der Waals surface area (Å²) in [5, 5.41) is 2.98. The van der Waals surface area contributed by atoms with E-state index in [1.807, 2.05) is 55.5 Å². The van der Waals surface area contributed by atoms with E-state index < -0.39 is 0 Å². The number of carbonyl (C=O) groups excluding carboxylic acids is 2. The fourth-order valence-corrected chi connectivity index (χ4v) is 4.40. The largest absolute Gasteiger partial charge is 0.486 e. The standard InChI is InChI=1S/C27H23BrN2O5/c1-17(18-10-11-23-24(14-18)34-13-12-33-23)29-26(31)16-30-21-8-4-5-9-22(21)35-25(27(30)32)15-19-6-2-3-7-20(19)28/h2-11,14-15,17H,12-13,16H2,1H3,(H,29,31)/b25-15+/t17-/m0/s1. The van der Waals surface area contributed by atoms with Gasteiger partial charge in [0.25, 0.3) is 5.91 Å². The van der Waals surface area contributed by atoms with Crippen molar-refractivity contribution >= 4 is 39.5 Å². The predicted octanol–water partition coefficient (Wildman–Crippen LogP) is 4.86. The second-order valence-corrected chi connectivity index (χ2v) is 9.04. The Hall–Kier alpha value is -3.78. The van der Waals surface area contributed by atoms with Crippen LogP contribution in [0.15, 0.2) is 77.0 Å². The van der Waals surface area contributed by atoms with Crippen molar-refractivity contribution in [2.45, 2.75) is 13.0 Å². The number of anilines is 1. The fourth-order valence-electron chi connectivity index (χ4n) is 4.00. The van der Waals surface area contributed by atoms with Crippen LogP contribution in [-0.2, 0) is 9.59 Å². The molecule has 0 saturated heterocycles. The van der Waals surface area contributed by atoms with E-state index in [1.165, 1.54) is 4.90 Å². The van der Waals surface area contributed by atoms with Crippen LogP contribution in [0, 0.1) is 0 Å². The molecule has 2 aliphatic rings. The van der Waals surface area contributed by atoms with Crippen LogP contribution in [0.3, 0.4) is 0 Å². The molecule has 0 fully saturated rings. The number of para-hydroxylation sites is 2. The molecule has 8 heteroatoms. The molecular formula is C27H23BrN2O5. The lowest BCUT2D eigenvalue weighted by molar-refractivity contribution is -0.123. The summed E-state index contributed by atoms with van der Waals surface area (Å²) in [5.74, 6) is 1.33. The molecule has 3 aromatic carbocycles. The lowest BCUT2D eigenvalue weighted by Gasteiger charge is -2.30. The van der Waals surface area contributed by atoms with Crippen molar-refractivity contribution < 1.29 is 23.8 Å². The van der Waals surface area contributed by atoms with Gasteiger partial charge in [-0.1, -0.05) is 52.3 Å². The molecule has 35 heavy (non-hydrogen) atoms. The van der Waals surface area contributed by atoms with E-state index in [1.54, 1.807) is 24.3 Å². The van der Waals surface area contributed by atoms with Crippen LogP contribution in [0.4, 0.5) is 5.69 Å². The summed E-state index contributed by atoms with van der Waals surface area (Å²) in [5.41, 5.74) is 2.22. The minimum absolute atomic E-state index is 0.142. The van der Waals surface area contributed by atoms with E-state index in [-0.39, 0.29) is 30.2 Å². The van der Waals surface area contributed by atoms with E-state index in [0.717, 1.165) is 15.6 Å². The van der Waals surface area contributed by atoms with Gasteiger partial charge in [-0.05, 0) is 54.5 Å². The first-order valence-corrected chi connectivity index (χ1v) is 12.0. The van der Waals surface area contributed by atoms with E-state index in [2.05, 4.69) is 21.2 Å². The Morgan fingerprint density at radius 1 is 1.03 bits per heavy atom. The van der Waals surface area contributed by atoms with Gasteiger partial charge in [0.05, 0.1) is 11.7 Å². The molecule has 0 aliphatic carbocycles. The average molecular weight is 535 g/mol. The Balaban J connectivity index is 1.36. The summed E-state index contributed by atoms with van der Waals surface area (Å²) in [4.78, 5) is 27.8. The van der Waals surface area contributed by atoms with E-state index in [9.17, 15) is 9.59 Å². The van der Waals surface area contributed by atoms with Crippen LogP contribution in [0.2, 0.25) is 0 Å². The second-order valence-electron chi connectivity index (χ2n) is 8.18. The van der Waals surface area contributed by atoms with Crippen LogP contribution < -0.4 is 24.4 Å². The minimum atomic E-state index is -0.387. The van der Waals surface area contributed by atoms with E-state index >= 15 is 0 Å². The zero-order chi connectivity index (χ0) is 24.4. The smallest absolute Gasteiger partial charge is 0.294 e. The molecule has 2 amide bonds. The number of fused-ring (bicyclic) bond motifs is 2. The number of rotatable bonds is 5. The molecular weight excluding hydrogens is 512 g/mol. The van der Waals surface area contributed by atoms with Gasteiger partial charge >= 0.3 is 0 Å². The summed E-state index contributed by atoms with van der Waals surface area (Å²) < 4.78 is 18.0. The van der Waals surface area contributed by atoms with Crippen molar-refractivity contribution in [3.05, 3.63) is 88.1 Å². The third kappa shape index (κ3) is 4.88. The lowest BCUT2D eigenvalue weighted by atomic mass is 10.1. The van der Waals surface area contributed by atoms with Crippen molar-refractivity contribution in [2.75, 3.05) is 24.7 Å². The van der Waals surface area contributed by atoms with Crippen LogP contribution >= 0.6 is 15.9 Å². The quantitative estimate of drug-likeness (QED) is 0.473. The first kappa shape index (κ1) is 23.0. The number of benzene rings is 3. The number of ether oxygens (including phenoxy) is 3. The molecule has 1 N–H and O–H groups in total. The van der Waals surface area contributed by atoms with Gasteiger partial charge in [-0.25, -0.2) is 0 Å². The Labute approximate surface area is 211 Å². The maximum absolute atomic E-state index is 13.4. The average Bonchev–Trinajstić information content (AvgIpc) is 2.87. The predicted molar refractivity (Wildman–Crippen MR) is 136 cm³/mol.